The molecule has 2 fully saturated rings. The van der Waals surface area contributed by atoms with Crippen molar-refractivity contribution in [3.63, 3.8) is 0 Å². The average Bonchev–Trinajstić information content (AvgIpc) is 3.30. The van der Waals surface area contributed by atoms with Crippen LogP contribution in [0, 0.1) is 11.3 Å². The SMILES string of the molecule is N#CC[C@H]1CCc2sc3nccc(O[C@H]4CC[C@H](N5CCOCC5)CC4)c3c21. The fourth-order valence-corrected chi connectivity index (χ4v) is 6.45. The number of hydrogen-bond donors (Lipinski definition) is 0. The van der Waals surface area contributed by atoms with E-state index >= 15 is 0 Å². The maximum atomic E-state index is 9.22. The highest BCUT2D eigenvalue weighted by molar-refractivity contribution is 7.19. The molecule has 0 spiro atoms. The summed E-state index contributed by atoms with van der Waals surface area (Å²) in [5.74, 6) is 1.33. The first-order chi connectivity index (χ1) is 13.8. The van der Waals surface area contributed by atoms with E-state index in [4.69, 9.17) is 9.47 Å². The van der Waals surface area contributed by atoms with Gasteiger partial charge in [-0.1, -0.05) is 0 Å². The van der Waals surface area contributed by atoms with Crippen molar-refractivity contribution in [1.29, 1.82) is 5.26 Å². The van der Waals surface area contributed by atoms with Gasteiger partial charge in [0, 0.05) is 36.6 Å². The summed E-state index contributed by atoms with van der Waals surface area (Å²) < 4.78 is 12.0. The first-order valence-electron chi connectivity index (χ1n) is 10.6. The second kappa shape index (κ2) is 7.98. The van der Waals surface area contributed by atoms with E-state index < -0.39 is 0 Å². The lowest BCUT2D eigenvalue weighted by molar-refractivity contribution is -0.000919. The maximum absolute atomic E-state index is 9.22. The van der Waals surface area contributed by atoms with Crippen LogP contribution in [0.3, 0.4) is 0 Å². The number of hydrogen-bond acceptors (Lipinski definition) is 6. The van der Waals surface area contributed by atoms with Gasteiger partial charge in [-0.05, 0) is 56.1 Å². The van der Waals surface area contributed by atoms with E-state index in [1.165, 1.54) is 28.7 Å². The second-order valence-electron chi connectivity index (χ2n) is 8.22. The van der Waals surface area contributed by atoms with Crippen LogP contribution in [0.5, 0.6) is 5.75 Å². The van der Waals surface area contributed by atoms with Crippen LogP contribution in [-0.4, -0.2) is 48.3 Å². The van der Waals surface area contributed by atoms with Crippen LogP contribution >= 0.6 is 11.3 Å². The molecule has 0 unspecified atom stereocenters. The Balaban J connectivity index is 1.32. The van der Waals surface area contributed by atoms with Gasteiger partial charge >= 0.3 is 0 Å². The van der Waals surface area contributed by atoms with Gasteiger partial charge in [0.2, 0.25) is 0 Å². The number of ether oxygens (including phenoxy) is 2. The summed E-state index contributed by atoms with van der Waals surface area (Å²) >= 11 is 1.79. The zero-order chi connectivity index (χ0) is 18.9. The number of morpholine rings is 1. The van der Waals surface area contributed by atoms with Crippen molar-refractivity contribution >= 4 is 21.6 Å². The van der Waals surface area contributed by atoms with Crippen molar-refractivity contribution in [3.8, 4) is 11.8 Å². The first-order valence-corrected chi connectivity index (χ1v) is 11.4. The van der Waals surface area contributed by atoms with Gasteiger partial charge in [-0.25, -0.2) is 4.98 Å². The normalized spacial score (nSPS) is 28.2. The smallest absolute Gasteiger partial charge is 0.131 e. The van der Waals surface area contributed by atoms with E-state index in [1.807, 2.05) is 12.3 Å². The van der Waals surface area contributed by atoms with E-state index in [0.717, 1.165) is 62.6 Å². The molecule has 0 aromatic carbocycles. The van der Waals surface area contributed by atoms with Crippen LogP contribution in [0.15, 0.2) is 12.3 Å². The third-order valence-corrected chi connectivity index (χ3v) is 7.81. The van der Waals surface area contributed by atoms with E-state index in [1.54, 1.807) is 11.3 Å². The number of rotatable bonds is 4. The highest BCUT2D eigenvalue weighted by Gasteiger charge is 2.31. The third kappa shape index (κ3) is 3.41. The van der Waals surface area contributed by atoms with Crippen LogP contribution in [0.2, 0.25) is 0 Å². The Hall–Kier alpha value is -1.68. The molecule has 1 saturated carbocycles. The average molecular weight is 398 g/mol. The van der Waals surface area contributed by atoms with Crippen LogP contribution in [0.4, 0.5) is 0 Å². The molecule has 1 atom stereocenters. The minimum absolute atomic E-state index is 0.286. The number of pyridine rings is 1. The Morgan fingerprint density at radius 3 is 2.82 bits per heavy atom. The first kappa shape index (κ1) is 18.4. The molecular weight excluding hydrogens is 370 g/mol. The molecule has 0 amide bonds. The molecule has 28 heavy (non-hydrogen) atoms. The van der Waals surface area contributed by atoms with Crippen LogP contribution < -0.4 is 4.74 Å². The molecule has 5 nitrogen and oxygen atoms in total. The molecule has 0 N–H and O–H groups in total. The molecule has 2 aromatic rings. The number of aromatic nitrogens is 1. The van der Waals surface area contributed by atoms with E-state index in [9.17, 15) is 5.26 Å². The van der Waals surface area contributed by atoms with E-state index in [0.29, 0.717) is 18.4 Å². The summed E-state index contributed by atoms with van der Waals surface area (Å²) in [5.41, 5.74) is 1.35. The van der Waals surface area contributed by atoms with E-state index in [2.05, 4.69) is 16.0 Å². The van der Waals surface area contributed by atoms with Gasteiger partial charge in [0.25, 0.3) is 0 Å². The molecule has 2 aliphatic carbocycles. The summed E-state index contributed by atoms with van der Waals surface area (Å²) in [4.78, 5) is 9.69. The second-order valence-corrected chi connectivity index (χ2v) is 9.31. The minimum atomic E-state index is 0.286. The van der Waals surface area contributed by atoms with Crippen LogP contribution in [0.25, 0.3) is 10.2 Å². The molecule has 1 saturated heterocycles. The van der Waals surface area contributed by atoms with Crippen molar-refractivity contribution in [2.45, 2.75) is 63.0 Å². The van der Waals surface area contributed by atoms with Crippen molar-refractivity contribution in [1.82, 2.24) is 9.88 Å². The lowest BCUT2D eigenvalue weighted by Gasteiger charge is -2.38. The maximum Gasteiger partial charge on any atom is 0.131 e. The number of fused-ring (bicyclic) bond motifs is 3. The Morgan fingerprint density at radius 2 is 2.04 bits per heavy atom. The van der Waals surface area contributed by atoms with Crippen LogP contribution in [0.1, 0.15) is 54.9 Å². The molecule has 3 aliphatic rings. The van der Waals surface area contributed by atoms with Gasteiger partial charge in [0.05, 0.1) is 30.8 Å². The van der Waals surface area contributed by atoms with Crippen molar-refractivity contribution < 1.29 is 9.47 Å². The summed E-state index contributed by atoms with van der Waals surface area (Å²) in [7, 11) is 0. The minimum Gasteiger partial charge on any atom is -0.490 e. The monoisotopic (exact) mass is 397 g/mol. The third-order valence-electron chi connectivity index (χ3n) is 6.63. The largest absolute Gasteiger partial charge is 0.490 e. The van der Waals surface area contributed by atoms with Gasteiger partial charge in [-0.2, -0.15) is 5.26 Å². The Morgan fingerprint density at radius 1 is 1.21 bits per heavy atom. The fourth-order valence-electron chi connectivity index (χ4n) is 5.19. The molecule has 2 aromatic heterocycles. The molecular formula is C22H27N3O2S. The zero-order valence-electron chi connectivity index (χ0n) is 16.2. The Labute approximate surface area is 170 Å². The number of aryl methyl sites for hydroxylation is 1. The van der Waals surface area contributed by atoms with Gasteiger partial charge in [-0.15, -0.1) is 11.3 Å². The molecule has 3 heterocycles. The lowest BCUT2D eigenvalue weighted by atomic mass is 9.91. The van der Waals surface area contributed by atoms with Gasteiger partial charge < -0.3 is 9.47 Å². The molecule has 6 heteroatoms. The fraction of sp³-hybridized carbons (Fsp3) is 0.636. The summed E-state index contributed by atoms with van der Waals surface area (Å²) in [6.07, 6.45) is 9.56. The lowest BCUT2D eigenvalue weighted by Crippen LogP contribution is -2.46. The molecule has 0 bridgehead atoms. The predicted molar refractivity (Wildman–Crippen MR) is 110 cm³/mol. The quantitative estimate of drug-likeness (QED) is 0.771. The van der Waals surface area contributed by atoms with Gasteiger partial charge in [0.1, 0.15) is 10.6 Å². The Kier molecular flexibility index (Phi) is 5.23. The van der Waals surface area contributed by atoms with Crippen molar-refractivity contribution in [2.24, 2.45) is 0 Å². The highest BCUT2D eigenvalue weighted by atomic mass is 32.1. The molecule has 148 valence electrons. The standard InChI is InChI=1S/C22H27N3O2S/c23-9-7-15-1-6-19-20(15)21-18(8-10-24-22(21)28-19)27-17-4-2-16(3-5-17)25-11-13-26-14-12-25/h8,10,15-17H,1-7,11-14H2/t15-,16-,17-/m1/s1. The summed E-state index contributed by atoms with van der Waals surface area (Å²) in [5, 5.41) is 10.4. The molecule has 5 rings (SSSR count). The topological polar surface area (TPSA) is 58.4 Å². The van der Waals surface area contributed by atoms with Crippen molar-refractivity contribution in [2.75, 3.05) is 26.3 Å². The van der Waals surface area contributed by atoms with Gasteiger partial charge in [-0.3, -0.25) is 4.90 Å². The number of nitriles is 1. The molecule has 0 radical (unpaired) electrons. The number of thiophene rings is 1. The summed E-state index contributed by atoms with van der Waals surface area (Å²) in [6.45, 7) is 3.89. The number of nitrogens with zero attached hydrogens (tertiary/aromatic N) is 3. The summed E-state index contributed by atoms with van der Waals surface area (Å²) in [6, 6.07) is 5.09. The molecule has 1 aliphatic heterocycles. The van der Waals surface area contributed by atoms with Crippen molar-refractivity contribution in [3.05, 3.63) is 22.7 Å². The predicted octanol–water partition coefficient (Wildman–Crippen LogP) is 4.26. The highest BCUT2D eigenvalue weighted by Crippen LogP contribution is 2.47. The van der Waals surface area contributed by atoms with E-state index in [-0.39, 0.29) is 6.10 Å². The van der Waals surface area contributed by atoms with Crippen LogP contribution in [-0.2, 0) is 11.2 Å². The van der Waals surface area contributed by atoms with Gasteiger partial charge in [0.15, 0.2) is 0 Å². The zero-order valence-corrected chi connectivity index (χ0v) is 17.0. The Bertz CT molecular complexity index is 876.